The van der Waals surface area contributed by atoms with Crippen LogP contribution >= 0.6 is 34.4 Å². The molecule has 0 amide bonds. The van der Waals surface area contributed by atoms with Gasteiger partial charge in [-0.15, -0.1) is 11.3 Å². The Morgan fingerprint density at radius 1 is 0.705 bits per heavy atom. The van der Waals surface area contributed by atoms with Gasteiger partial charge in [0.05, 0.1) is 13.3 Å². The molecule has 0 spiro atoms. The minimum Gasteiger partial charge on any atom is -0.743 e. The highest BCUT2D eigenvalue weighted by molar-refractivity contribution is 8.04. The quantitative estimate of drug-likeness (QED) is 0.0745. The van der Waals surface area contributed by atoms with E-state index < -0.39 is 33.4 Å². The minimum absolute atomic E-state index is 0.0994. The SMILES string of the molecule is CC(=O)c1ccc(Sc2ccc([S+](c3ccccc3)c3ccccc3)s2)s1.O=S(=O)([O-])C(F)(F)C(F)(F)C(F)(F)C(F)(F)F. The molecule has 0 saturated heterocycles. The van der Waals surface area contributed by atoms with E-state index in [2.05, 4.69) is 72.8 Å². The molecule has 0 bridgehead atoms. The summed E-state index contributed by atoms with van der Waals surface area (Å²) < 4.78 is 139. The molecular weight excluding hydrogens is 708 g/mol. The fourth-order valence-corrected chi connectivity index (χ4v) is 9.85. The summed E-state index contributed by atoms with van der Waals surface area (Å²) in [6, 6.07) is 29.8. The summed E-state index contributed by atoms with van der Waals surface area (Å²) in [7, 11) is -7.52. The topological polar surface area (TPSA) is 74.3 Å². The van der Waals surface area contributed by atoms with Crippen molar-refractivity contribution < 1.29 is 57.3 Å². The molecule has 44 heavy (non-hydrogen) atoms. The Kier molecular flexibility index (Phi) is 11.0. The molecule has 2 heterocycles. The lowest BCUT2D eigenvalue weighted by Crippen LogP contribution is -2.63. The van der Waals surface area contributed by atoms with Crippen LogP contribution < -0.4 is 0 Å². The molecule has 4 aromatic rings. The highest BCUT2D eigenvalue weighted by atomic mass is 32.2. The summed E-state index contributed by atoms with van der Waals surface area (Å²) in [5.41, 5.74) is 0. The van der Waals surface area contributed by atoms with E-state index in [1.165, 1.54) is 18.2 Å². The van der Waals surface area contributed by atoms with Crippen LogP contribution in [-0.2, 0) is 21.0 Å². The maximum atomic E-state index is 12.2. The lowest BCUT2D eigenvalue weighted by atomic mass is 10.1. The van der Waals surface area contributed by atoms with Crippen molar-refractivity contribution in [1.82, 2.24) is 0 Å². The molecule has 0 aliphatic heterocycles. The van der Waals surface area contributed by atoms with Gasteiger partial charge in [0.15, 0.2) is 25.7 Å². The van der Waals surface area contributed by atoms with Crippen LogP contribution in [-0.4, -0.2) is 42.0 Å². The lowest BCUT2D eigenvalue weighted by Gasteiger charge is -2.34. The fourth-order valence-electron chi connectivity index (χ4n) is 3.13. The number of carbonyl (C=O) groups excluding carboxylic acids is 1. The predicted molar refractivity (Wildman–Crippen MR) is 148 cm³/mol. The molecule has 0 saturated carbocycles. The monoisotopic (exact) mass is 724 g/mol. The average Bonchev–Trinajstić information content (AvgIpc) is 3.59. The van der Waals surface area contributed by atoms with E-state index in [4.69, 9.17) is 0 Å². The molecule has 4 nitrogen and oxygen atoms in total. The Bertz CT molecular complexity index is 1630. The number of rotatable bonds is 9. The van der Waals surface area contributed by atoms with E-state index in [0.29, 0.717) is 0 Å². The molecule has 0 N–H and O–H groups in total. The Hall–Kier alpha value is -2.51. The smallest absolute Gasteiger partial charge is 0.460 e. The van der Waals surface area contributed by atoms with E-state index in [1.54, 1.807) is 30.0 Å². The van der Waals surface area contributed by atoms with Crippen molar-refractivity contribution >= 4 is 61.2 Å². The number of alkyl halides is 9. The van der Waals surface area contributed by atoms with E-state index >= 15 is 0 Å². The summed E-state index contributed by atoms with van der Waals surface area (Å²) in [4.78, 5) is 15.0. The molecule has 0 aliphatic rings. The molecule has 2 aromatic heterocycles. The number of benzene rings is 2. The van der Waals surface area contributed by atoms with Gasteiger partial charge in [0.1, 0.15) is 10.9 Å². The molecular formula is C26H17F9O4S5. The van der Waals surface area contributed by atoms with Crippen molar-refractivity contribution in [3.63, 3.8) is 0 Å². The molecule has 0 unspecified atom stereocenters. The van der Waals surface area contributed by atoms with Crippen molar-refractivity contribution in [2.45, 2.75) is 52.6 Å². The molecule has 238 valence electrons. The lowest BCUT2D eigenvalue weighted by molar-refractivity contribution is -0.382. The van der Waals surface area contributed by atoms with Gasteiger partial charge in [0.2, 0.25) is 4.21 Å². The van der Waals surface area contributed by atoms with Crippen LogP contribution in [0, 0.1) is 0 Å². The van der Waals surface area contributed by atoms with Gasteiger partial charge < -0.3 is 4.55 Å². The largest absolute Gasteiger partial charge is 0.743 e. The first-order valence-electron chi connectivity index (χ1n) is 11.6. The van der Waals surface area contributed by atoms with E-state index in [9.17, 15) is 57.3 Å². The molecule has 0 fully saturated rings. The highest BCUT2D eigenvalue weighted by Crippen LogP contribution is 2.54. The van der Waals surface area contributed by atoms with Gasteiger partial charge >= 0.3 is 23.3 Å². The highest BCUT2D eigenvalue weighted by Gasteiger charge is 2.83. The number of thiophene rings is 2. The van der Waals surface area contributed by atoms with Gasteiger partial charge in [-0.05, 0) is 49.4 Å². The minimum atomic E-state index is -7.43. The number of hydrogen-bond donors (Lipinski definition) is 0. The van der Waals surface area contributed by atoms with Crippen LogP contribution in [0.2, 0.25) is 0 Å². The third-order valence-corrected chi connectivity index (χ3v) is 12.3. The van der Waals surface area contributed by atoms with Crippen molar-refractivity contribution in [3.8, 4) is 0 Å². The van der Waals surface area contributed by atoms with Gasteiger partial charge in [-0.1, -0.05) is 59.5 Å². The third-order valence-electron chi connectivity index (χ3n) is 5.28. The maximum Gasteiger partial charge on any atom is 0.460 e. The number of hydrogen-bond acceptors (Lipinski definition) is 7. The zero-order valence-electron chi connectivity index (χ0n) is 21.7. The molecule has 0 radical (unpaired) electrons. The van der Waals surface area contributed by atoms with Gasteiger partial charge in [0.25, 0.3) is 0 Å². The summed E-state index contributed by atoms with van der Waals surface area (Å²) in [6.45, 7) is 1.62. The Labute approximate surface area is 260 Å². The van der Waals surface area contributed by atoms with Crippen molar-refractivity contribution in [3.05, 3.63) is 89.8 Å². The summed E-state index contributed by atoms with van der Waals surface area (Å²) >= 11 is 5.15. The van der Waals surface area contributed by atoms with Crippen molar-refractivity contribution in [2.75, 3.05) is 0 Å². The predicted octanol–water partition coefficient (Wildman–Crippen LogP) is 9.22. The first-order chi connectivity index (χ1) is 20.2. The van der Waals surface area contributed by atoms with Crippen LogP contribution in [0.25, 0.3) is 0 Å². The van der Waals surface area contributed by atoms with Crippen LogP contribution in [0.5, 0.6) is 0 Å². The number of halogens is 9. The summed E-state index contributed by atoms with van der Waals surface area (Å²) in [6.07, 6.45) is -7.16. The van der Waals surface area contributed by atoms with E-state index in [0.717, 1.165) is 9.09 Å². The molecule has 2 aromatic carbocycles. The maximum absolute atomic E-state index is 12.2. The Morgan fingerprint density at radius 2 is 1.16 bits per heavy atom. The third kappa shape index (κ3) is 7.64. The average molecular weight is 725 g/mol. The standard InChI is InChI=1S/C22H17OS4.C4HF9O3S/c1-16(23)19-12-13-20(24-19)25-21-14-15-22(26-21)27(17-8-4-2-5-9-17)18-10-6-3-7-11-18;5-1(6,3(9,10)11)2(7,8)4(12,13)17(14,15)16/h2-15H,1H3;(H,14,15,16)/q+1;/p-1. The number of ketones is 1. The van der Waals surface area contributed by atoms with Gasteiger partial charge in [-0.2, -0.15) is 39.5 Å². The van der Waals surface area contributed by atoms with E-state index in [1.807, 2.05) is 23.5 Å². The zero-order chi connectivity index (χ0) is 33.1. The van der Waals surface area contributed by atoms with Crippen molar-refractivity contribution in [2.24, 2.45) is 0 Å². The summed E-state index contributed by atoms with van der Waals surface area (Å²) in [5, 5.41) is -7.11. The summed E-state index contributed by atoms with van der Waals surface area (Å²) in [5.74, 6) is -14.7. The molecule has 18 heteroatoms. The number of carbonyl (C=O) groups is 1. The molecule has 4 rings (SSSR count). The second-order valence-electron chi connectivity index (χ2n) is 8.40. The van der Waals surface area contributed by atoms with Crippen molar-refractivity contribution in [1.29, 1.82) is 0 Å². The van der Waals surface area contributed by atoms with Crippen LogP contribution in [0.15, 0.2) is 107 Å². The van der Waals surface area contributed by atoms with Crippen LogP contribution in [0.1, 0.15) is 16.6 Å². The second kappa shape index (κ2) is 13.5. The van der Waals surface area contributed by atoms with Gasteiger partial charge in [0, 0.05) is 6.07 Å². The van der Waals surface area contributed by atoms with Crippen LogP contribution in [0.4, 0.5) is 39.5 Å². The first kappa shape index (κ1) is 36.0. The van der Waals surface area contributed by atoms with Gasteiger partial charge in [-0.3, -0.25) is 4.79 Å². The molecule has 0 atom stereocenters. The second-order valence-corrected chi connectivity index (χ2v) is 15.8. The normalized spacial score (nSPS) is 13.0. The Morgan fingerprint density at radius 3 is 1.57 bits per heavy atom. The zero-order valence-corrected chi connectivity index (χ0v) is 25.7. The van der Waals surface area contributed by atoms with Crippen LogP contribution in [0.3, 0.4) is 0 Å². The Balaban J connectivity index is 0.000000271. The van der Waals surface area contributed by atoms with Gasteiger partial charge in [-0.25, -0.2) is 8.42 Å². The molecule has 0 aliphatic carbocycles. The number of Topliss-reactive ketones (excluding diaryl/α,β-unsaturated/α-hetero) is 1. The first-order valence-corrected chi connectivity index (χ1v) is 16.7. The van der Waals surface area contributed by atoms with E-state index in [-0.39, 0.29) is 16.7 Å². The fraction of sp³-hybridized carbons (Fsp3) is 0.192.